The molecule has 82 valence electrons. The lowest BCUT2D eigenvalue weighted by atomic mass is 9.82. The summed E-state index contributed by atoms with van der Waals surface area (Å²) in [6.45, 7) is 6.73. The maximum Gasteiger partial charge on any atom is 0.0771 e. The van der Waals surface area contributed by atoms with Crippen molar-refractivity contribution in [3.63, 3.8) is 0 Å². The van der Waals surface area contributed by atoms with E-state index in [9.17, 15) is 0 Å². The Kier molecular flexibility index (Phi) is 3.86. The van der Waals surface area contributed by atoms with Crippen LogP contribution in [0.25, 0.3) is 0 Å². The zero-order chi connectivity index (χ0) is 11.5. The summed E-state index contributed by atoms with van der Waals surface area (Å²) in [5.74, 6) is 0. The molecular formula is C13H19NS. The number of hydrogen-bond donors (Lipinski definition) is 1. The Morgan fingerprint density at radius 3 is 2.20 bits per heavy atom. The van der Waals surface area contributed by atoms with Crippen LogP contribution >= 0.6 is 12.2 Å². The van der Waals surface area contributed by atoms with Crippen molar-refractivity contribution in [3.8, 4) is 0 Å². The van der Waals surface area contributed by atoms with Gasteiger partial charge in [-0.05, 0) is 23.0 Å². The first-order valence-electron chi connectivity index (χ1n) is 5.33. The lowest BCUT2D eigenvalue weighted by Crippen LogP contribution is -2.16. The SMILES string of the molecule is CCC(C)(C)c1ccc(CC(N)=S)cc1. The third-order valence-electron chi connectivity index (χ3n) is 3.00. The van der Waals surface area contributed by atoms with Crippen LogP contribution in [0.3, 0.4) is 0 Å². The molecule has 2 N–H and O–H groups in total. The molecule has 0 aliphatic carbocycles. The predicted molar refractivity (Wildman–Crippen MR) is 70.2 cm³/mol. The van der Waals surface area contributed by atoms with E-state index in [-0.39, 0.29) is 5.41 Å². The fraction of sp³-hybridized carbons (Fsp3) is 0.462. The van der Waals surface area contributed by atoms with E-state index in [1.54, 1.807) is 0 Å². The number of nitrogens with two attached hydrogens (primary N) is 1. The van der Waals surface area contributed by atoms with E-state index in [0.717, 1.165) is 6.42 Å². The van der Waals surface area contributed by atoms with E-state index < -0.39 is 0 Å². The largest absolute Gasteiger partial charge is 0.393 e. The highest BCUT2D eigenvalue weighted by atomic mass is 32.1. The Bertz CT molecular complexity index is 338. The van der Waals surface area contributed by atoms with Crippen LogP contribution in [-0.4, -0.2) is 4.99 Å². The molecule has 0 amide bonds. The summed E-state index contributed by atoms with van der Waals surface area (Å²) in [6, 6.07) is 8.59. The third kappa shape index (κ3) is 3.31. The van der Waals surface area contributed by atoms with Gasteiger partial charge in [-0.25, -0.2) is 0 Å². The predicted octanol–water partition coefficient (Wildman–Crippen LogP) is 3.20. The summed E-state index contributed by atoms with van der Waals surface area (Å²) in [5.41, 5.74) is 8.32. The lowest BCUT2D eigenvalue weighted by Gasteiger charge is -2.23. The second kappa shape index (κ2) is 4.75. The normalized spacial score (nSPS) is 11.4. The molecule has 0 aromatic heterocycles. The highest BCUT2D eigenvalue weighted by Crippen LogP contribution is 2.26. The summed E-state index contributed by atoms with van der Waals surface area (Å²) < 4.78 is 0. The van der Waals surface area contributed by atoms with E-state index >= 15 is 0 Å². The molecule has 1 aromatic rings. The molecule has 0 aliphatic heterocycles. The topological polar surface area (TPSA) is 26.0 Å². The van der Waals surface area contributed by atoms with E-state index in [4.69, 9.17) is 18.0 Å². The number of hydrogen-bond acceptors (Lipinski definition) is 1. The van der Waals surface area contributed by atoms with Gasteiger partial charge in [0.05, 0.1) is 4.99 Å². The summed E-state index contributed by atoms with van der Waals surface area (Å²) >= 11 is 4.88. The van der Waals surface area contributed by atoms with E-state index in [1.807, 2.05) is 0 Å². The van der Waals surface area contributed by atoms with Gasteiger partial charge in [0.2, 0.25) is 0 Å². The highest BCUT2D eigenvalue weighted by Gasteiger charge is 2.17. The molecule has 1 nitrogen and oxygen atoms in total. The summed E-state index contributed by atoms with van der Waals surface area (Å²) in [7, 11) is 0. The number of thiocarbonyl (C=S) groups is 1. The van der Waals surface area contributed by atoms with E-state index in [0.29, 0.717) is 11.4 Å². The van der Waals surface area contributed by atoms with E-state index in [2.05, 4.69) is 45.0 Å². The average molecular weight is 221 g/mol. The minimum atomic E-state index is 0.252. The Morgan fingerprint density at radius 2 is 1.80 bits per heavy atom. The molecule has 0 unspecified atom stereocenters. The van der Waals surface area contributed by atoms with Crippen molar-refractivity contribution in [2.24, 2.45) is 5.73 Å². The van der Waals surface area contributed by atoms with Crippen molar-refractivity contribution in [2.75, 3.05) is 0 Å². The fourth-order valence-corrected chi connectivity index (χ4v) is 1.65. The van der Waals surface area contributed by atoms with Gasteiger partial charge in [0.1, 0.15) is 0 Å². The van der Waals surface area contributed by atoms with Gasteiger partial charge in [0.15, 0.2) is 0 Å². The van der Waals surface area contributed by atoms with Gasteiger partial charge in [-0.2, -0.15) is 0 Å². The standard InChI is InChI=1S/C13H19NS/c1-4-13(2,3)11-7-5-10(6-8-11)9-12(14)15/h5-8H,4,9H2,1-3H3,(H2,14,15). The first-order chi connectivity index (χ1) is 6.95. The molecule has 0 heterocycles. The smallest absolute Gasteiger partial charge is 0.0771 e. The fourth-order valence-electron chi connectivity index (χ4n) is 1.48. The van der Waals surface area contributed by atoms with Crippen LogP contribution in [0.5, 0.6) is 0 Å². The average Bonchev–Trinajstić information content (AvgIpc) is 2.18. The van der Waals surface area contributed by atoms with Crippen molar-refractivity contribution in [2.45, 2.75) is 39.0 Å². The molecule has 0 atom stereocenters. The van der Waals surface area contributed by atoms with Crippen LogP contribution in [0, 0.1) is 0 Å². The van der Waals surface area contributed by atoms with Gasteiger partial charge < -0.3 is 5.73 Å². The maximum atomic E-state index is 5.51. The third-order valence-corrected chi connectivity index (χ3v) is 3.14. The van der Waals surface area contributed by atoms with Gasteiger partial charge in [-0.3, -0.25) is 0 Å². The summed E-state index contributed by atoms with van der Waals surface area (Å²) in [4.78, 5) is 0.553. The molecule has 0 fully saturated rings. The first kappa shape index (κ1) is 12.2. The van der Waals surface area contributed by atoms with Crippen molar-refractivity contribution in [1.29, 1.82) is 0 Å². The lowest BCUT2D eigenvalue weighted by molar-refractivity contribution is 0.506. The van der Waals surface area contributed by atoms with Crippen LogP contribution in [-0.2, 0) is 11.8 Å². The van der Waals surface area contributed by atoms with Crippen molar-refractivity contribution in [1.82, 2.24) is 0 Å². The molecule has 0 saturated heterocycles. The Labute approximate surface area is 97.7 Å². The molecule has 0 spiro atoms. The van der Waals surface area contributed by atoms with Crippen LogP contribution < -0.4 is 5.73 Å². The van der Waals surface area contributed by atoms with Gasteiger partial charge in [0.25, 0.3) is 0 Å². The van der Waals surface area contributed by atoms with Crippen LogP contribution in [0.15, 0.2) is 24.3 Å². The Balaban J connectivity index is 2.85. The second-order valence-corrected chi connectivity index (χ2v) is 5.10. The number of rotatable bonds is 4. The summed E-state index contributed by atoms with van der Waals surface area (Å²) in [5, 5.41) is 0. The zero-order valence-electron chi connectivity index (χ0n) is 9.71. The van der Waals surface area contributed by atoms with Crippen LogP contribution in [0.2, 0.25) is 0 Å². The second-order valence-electron chi connectivity index (χ2n) is 4.58. The molecule has 0 radical (unpaired) electrons. The Hall–Kier alpha value is -0.890. The monoisotopic (exact) mass is 221 g/mol. The highest BCUT2D eigenvalue weighted by molar-refractivity contribution is 7.80. The van der Waals surface area contributed by atoms with Crippen molar-refractivity contribution < 1.29 is 0 Å². The molecule has 1 rings (SSSR count). The summed E-state index contributed by atoms with van der Waals surface area (Å²) in [6.07, 6.45) is 1.84. The van der Waals surface area contributed by atoms with Gasteiger partial charge >= 0.3 is 0 Å². The molecule has 0 aliphatic rings. The quantitative estimate of drug-likeness (QED) is 0.790. The zero-order valence-corrected chi connectivity index (χ0v) is 10.5. The minimum absolute atomic E-state index is 0.252. The van der Waals surface area contributed by atoms with Crippen molar-refractivity contribution >= 4 is 17.2 Å². The van der Waals surface area contributed by atoms with Crippen LogP contribution in [0.1, 0.15) is 38.3 Å². The first-order valence-corrected chi connectivity index (χ1v) is 5.74. The van der Waals surface area contributed by atoms with Gasteiger partial charge in [0, 0.05) is 6.42 Å². The van der Waals surface area contributed by atoms with Gasteiger partial charge in [-0.15, -0.1) is 0 Å². The Morgan fingerprint density at radius 1 is 1.27 bits per heavy atom. The molecular weight excluding hydrogens is 202 g/mol. The minimum Gasteiger partial charge on any atom is -0.393 e. The number of benzene rings is 1. The van der Waals surface area contributed by atoms with Crippen LogP contribution in [0.4, 0.5) is 0 Å². The molecule has 0 bridgehead atoms. The van der Waals surface area contributed by atoms with Crippen molar-refractivity contribution in [3.05, 3.63) is 35.4 Å². The van der Waals surface area contributed by atoms with Gasteiger partial charge in [-0.1, -0.05) is 57.3 Å². The van der Waals surface area contributed by atoms with E-state index in [1.165, 1.54) is 11.1 Å². The maximum absolute atomic E-state index is 5.51. The molecule has 2 heteroatoms. The molecule has 15 heavy (non-hydrogen) atoms. The molecule has 0 saturated carbocycles. The molecule has 1 aromatic carbocycles.